The largest absolute Gasteiger partial charge is 0.496 e. The molecule has 0 aliphatic heterocycles. The molecule has 0 spiro atoms. The quantitative estimate of drug-likeness (QED) is 0.882. The molecule has 1 atom stereocenters. The van der Waals surface area contributed by atoms with Crippen LogP contribution in [0.5, 0.6) is 5.75 Å². The first-order valence-electron chi connectivity index (χ1n) is 4.92. The number of nitrogens with two attached hydrogens (primary N) is 1. The maximum absolute atomic E-state index is 11.8. The normalized spacial score (nSPS) is 12.0. The highest BCUT2D eigenvalue weighted by Gasteiger charge is 2.12. The van der Waals surface area contributed by atoms with Gasteiger partial charge in [-0.1, -0.05) is 15.9 Å². The van der Waals surface area contributed by atoms with Gasteiger partial charge in [0.15, 0.2) is 0 Å². The third-order valence-corrected chi connectivity index (χ3v) is 2.49. The van der Waals surface area contributed by atoms with Crippen molar-refractivity contribution in [1.29, 1.82) is 0 Å². The van der Waals surface area contributed by atoms with E-state index in [2.05, 4.69) is 21.2 Å². The lowest BCUT2D eigenvalue weighted by Gasteiger charge is -2.11. The standard InChI is InChI=1S/C11H15BrN2O2/c1-7(13)6-14-11(15)9-4-3-8(12)5-10(9)16-2/h3-5,7H,6,13H2,1-2H3,(H,14,15). The van der Waals surface area contributed by atoms with Crippen molar-refractivity contribution in [2.24, 2.45) is 5.73 Å². The van der Waals surface area contributed by atoms with Crippen molar-refractivity contribution in [3.05, 3.63) is 28.2 Å². The molecule has 0 saturated carbocycles. The van der Waals surface area contributed by atoms with Crippen molar-refractivity contribution in [2.45, 2.75) is 13.0 Å². The van der Waals surface area contributed by atoms with Gasteiger partial charge < -0.3 is 15.8 Å². The number of methoxy groups -OCH3 is 1. The van der Waals surface area contributed by atoms with Crippen molar-refractivity contribution >= 4 is 21.8 Å². The van der Waals surface area contributed by atoms with Gasteiger partial charge in [-0.05, 0) is 25.1 Å². The van der Waals surface area contributed by atoms with Crippen LogP contribution in [-0.2, 0) is 0 Å². The third-order valence-electron chi connectivity index (χ3n) is 1.99. The first-order chi connectivity index (χ1) is 7.54. The van der Waals surface area contributed by atoms with Crippen LogP contribution < -0.4 is 15.8 Å². The van der Waals surface area contributed by atoms with Gasteiger partial charge in [-0.3, -0.25) is 4.79 Å². The zero-order chi connectivity index (χ0) is 12.1. The van der Waals surface area contributed by atoms with E-state index in [9.17, 15) is 4.79 Å². The second-order valence-electron chi connectivity index (χ2n) is 3.53. The number of hydrogen-bond donors (Lipinski definition) is 2. The van der Waals surface area contributed by atoms with E-state index in [1.54, 1.807) is 18.2 Å². The molecule has 88 valence electrons. The van der Waals surface area contributed by atoms with E-state index in [0.717, 1.165) is 4.47 Å². The summed E-state index contributed by atoms with van der Waals surface area (Å²) in [7, 11) is 1.53. The highest BCUT2D eigenvalue weighted by atomic mass is 79.9. The highest BCUT2D eigenvalue weighted by Crippen LogP contribution is 2.23. The molecule has 16 heavy (non-hydrogen) atoms. The number of ether oxygens (including phenoxy) is 1. The lowest BCUT2D eigenvalue weighted by atomic mass is 10.2. The summed E-state index contributed by atoms with van der Waals surface area (Å²) < 4.78 is 6.00. The molecule has 5 heteroatoms. The Hall–Kier alpha value is -1.07. The predicted octanol–water partition coefficient (Wildman–Crippen LogP) is 1.53. The minimum absolute atomic E-state index is 0.0645. The molecule has 0 aliphatic carbocycles. The molecule has 0 saturated heterocycles. The van der Waals surface area contributed by atoms with E-state index in [-0.39, 0.29) is 11.9 Å². The fourth-order valence-electron chi connectivity index (χ4n) is 1.20. The first-order valence-corrected chi connectivity index (χ1v) is 5.71. The van der Waals surface area contributed by atoms with E-state index < -0.39 is 0 Å². The topological polar surface area (TPSA) is 64.3 Å². The van der Waals surface area contributed by atoms with Crippen molar-refractivity contribution in [2.75, 3.05) is 13.7 Å². The van der Waals surface area contributed by atoms with Gasteiger partial charge in [-0.2, -0.15) is 0 Å². The van der Waals surface area contributed by atoms with Crippen LogP contribution in [0.2, 0.25) is 0 Å². The molecule has 0 fully saturated rings. The molecule has 0 heterocycles. The molecular weight excluding hydrogens is 272 g/mol. The molecule has 0 aliphatic rings. The number of nitrogens with one attached hydrogen (secondary N) is 1. The Morgan fingerprint density at radius 2 is 2.31 bits per heavy atom. The summed E-state index contributed by atoms with van der Waals surface area (Å²) in [5.74, 6) is 0.359. The minimum atomic E-state index is -0.179. The average Bonchev–Trinajstić information content (AvgIpc) is 2.25. The summed E-state index contributed by atoms with van der Waals surface area (Å²) in [5.41, 5.74) is 6.07. The number of rotatable bonds is 4. The summed E-state index contributed by atoms with van der Waals surface area (Å²) in [5, 5.41) is 2.73. The Balaban J connectivity index is 2.82. The molecule has 3 N–H and O–H groups in total. The molecule has 4 nitrogen and oxygen atoms in total. The van der Waals surface area contributed by atoms with E-state index >= 15 is 0 Å². The van der Waals surface area contributed by atoms with Crippen LogP contribution in [0.1, 0.15) is 17.3 Å². The van der Waals surface area contributed by atoms with E-state index in [1.165, 1.54) is 7.11 Å². The molecule has 0 bridgehead atoms. The van der Waals surface area contributed by atoms with E-state index in [4.69, 9.17) is 10.5 Å². The lowest BCUT2D eigenvalue weighted by Crippen LogP contribution is -2.35. The van der Waals surface area contributed by atoms with Crippen LogP contribution in [0.4, 0.5) is 0 Å². The Labute approximate surface area is 103 Å². The van der Waals surface area contributed by atoms with Crippen molar-refractivity contribution in [3.63, 3.8) is 0 Å². The van der Waals surface area contributed by atoms with Crippen LogP contribution in [-0.4, -0.2) is 25.6 Å². The predicted molar refractivity (Wildman–Crippen MR) is 66.7 cm³/mol. The second-order valence-corrected chi connectivity index (χ2v) is 4.45. The third kappa shape index (κ3) is 3.50. The lowest BCUT2D eigenvalue weighted by molar-refractivity contribution is 0.0948. The summed E-state index contributed by atoms with van der Waals surface area (Å²) in [6, 6.07) is 5.19. The number of carbonyl (C=O) groups excluding carboxylic acids is 1. The zero-order valence-electron chi connectivity index (χ0n) is 9.29. The Morgan fingerprint density at radius 1 is 1.62 bits per heavy atom. The van der Waals surface area contributed by atoms with Gasteiger partial charge in [0, 0.05) is 17.1 Å². The van der Waals surface area contributed by atoms with Gasteiger partial charge in [0.2, 0.25) is 0 Å². The van der Waals surface area contributed by atoms with Gasteiger partial charge in [0.05, 0.1) is 12.7 Å². The van der Waals surface area contributed by atoms with Gasteiger partial charge >= 0.3 is 0 Å². The molecule has 0 radical (unpaired) electrons. The number of halogens is 1. The van der Waals surface area contributed by atoms with Crippen LogP contribution in [0.25, 0.3) is 0 Å². The highest BCUT2D eigenvalue weighted by molar-refractivity contribution is 9.10. The zero-order valence-corrected chi connectivity index (χ0v) is 10.9. The summed E-state index contributed by atoms with van der Waals surface area (Å²) in [6.45, 7) is 2.27. The second kappa shape index (κ2) is 5.86. The van der Waals surface area contributed by atoms with Crippen molar-refractivity contribution in [1.82, 2.24) is 5.32 Å². The Bertz CT molecular complexity index is 380. The van der Waals surface area contributed by atoms with Crippen LogP contribution >= 0.6 is 15.9 Å². The fraction of sp³-hybridized carbons (Fsp3) is 0.364. The Morgan fingerprint density at radius 3 is 2.88 bits per heavy atom. The summed E-state index contributed by atoms with van der Waals surface area (Å²) in [6.07, 6.45) is 0. The SMILES string of the molecule is COc1cc(Br)ccc1C(=O)NCC(C)N. The fourth-order valence-corrected chi connectivity index (χ4v) is 1.54. The maximum atomic E-state index is 11.8. The van der Waals surface area contributed by atoms with Crippen molar-refractivity contribution in [3.8, 4) is 5.75 Å². The van der Waals surface area contributed by atoms with Crippen LogP contribution in [0.3, 0.4) is 0 Å². The number of carbonyl (C=O) groups is 1. The molecule has 1 aromatic rings. The van der Waals surface area contributed by atoms with Gasteiger partial charge in [-0.15, -0.1) is 0 Å². The molecule has 1 aromatic carbocycles. The van der Waals surface area contributed by atoms with E-state index in [0.29, 0.717) is 17.9 Å². The van der Waals surface area contributed by atoms with Crippen LogP contribution in [0, 0.1) is 0 Å². The van der Waals surface area contributed by atoms with Crippen LogP contribution in [0.15, 0.2) is 22.7 Å². The number of hydrogen-bond acceptors (Lipinski definition) is 3. The molecule has 1 rings (SSSR count). The van der Waals surface area contributed by atoms with Gasteiger partial charge in [-0.25, -0.2) is 0 Å². The Kier molecular flexibility index (Phi) is 4.76. The summed E-state index contributed by atoms with van der Waals surface area (Å²) in [4.78, 5) is 11.8. The minimum Gasteiger partial charge on any atom is -0.496 e. The number of benzene rings is 1. The van der Waals surface area contributed by atoms with E-state index in [1.807, 2.05) is 6.92 Å². The van der Waals surface area contributed by atoms with Crippen molar-refractivity contribution < 1.29 is 9.53 Å². The average molecular weight is 287 g/mol. The molecular formula is C11H15BrN2O2. The molecule has 1 unspecified atom stereocenters. The maximum Gasteiger partial charge on any atom is 0.255 e. The first kappa shape index (κ1) is 13.0. The molecule has 1 amide bonds. The molecule has 0 aromatic heterocycles. The monoisotopic (exact) mass is 286 g/mol. The smallest absolute Gasteiger partial charge is 0.255 e. The number of amides is 1. The van der Waals surface area contributed by atoms with Gasteiger partial charge in [0.25, 0.3) is 5.91 Å². The summed E-state index contributed by atoms with van der Waals surface area (Å²) >= 11 is 3.32. The van der Waals surface area contributed by atoms with Gasteiger partial charge in [0.1, 0.15) is 5.75 Å².